The molecule has 2 unspecified atom stereocenters. The van der Waals surface area contributed by atoms with Gasteiger partial charge in [0.15, 0.2) is 0 Å². The van der Waals surface area contributed by atoms with Crippen LogP contribution in [0.1, 0.15) is 30.9 Å². The zero-order valence-electron chi connectivity index (χ0n) is 12.1. The molecule has 2 rings (SSSR count). The lowest BCUT2D eigenvalue weighted by Crippen LogP contribution is -2.46. The Morgan fingerprint density at radius 2 is 2.25 bits per heavy atom. The highest BCUT2D eigenvalue weighted by Crippen LogP contribution is 2.27. The molecule has 0 saturated carbocycles. The lowest BCUT2D eigenvalue weighted by Gasteiger charge is -2.39. The molecule has 5 nitrogen and oxygen atoms in total. The third-order valence-electron chi connectivity index (χ3n) is 4.41. The van der Waals surface area contributed by atoms with Gasteiger partial charge in [-0.05, 0) is 37.8 Å². The molecule has 2 atom stereocenters. The second-order valence-corrected chi connectivity index (χ2v) is 5.66. The molecule has 1 fully saturated rings. The maximum absolute atomic E-state index is 11.0. The standard InChI is InChI=1S/C15H22N2O3/c1-11-5-4-8-16(15(11)10-18)9-13-6-3-7-14(12(13)2)17(19)20/h3,6-7,11,15,18H,4-5,8-10H2,1-2H3. The third kappa shape index (κ3) is 2.99. The molecule has 1 heterocycles. The highest BCUT2D eigenvalue weighted by molar-refractivity contribution is 5.44. The number of hydrogen-bond donors (Lipinski definition) is 1. The van der Waals surface area contributed by atoms with Crippen LogP contribution in [0.25, 0.3) is 0 Å². The number of hydrogen-bond acceptors (Lipinski definition) is 4. The van der Waals surface area contributed by atoms with Gasteiger partial charge in [-0.25, -0.2) is 0 Å². The van der Waals surface area contributed by atoms with Crippen molar-refractivity contribution in [3.8, 4) is 0 Å². The first kappa shape index (κ1) is 14.9. The fraction of sp³-hybridized carbons (Fsp3) is 0.600. The summed E-state index contributed by atoms with van der Waals surface area (Å²) >= 11 is 0. The molecule has 1 aromatic rings. The van der Waals surface area contributed by atoms with E-state index in [1.807, 2.05) is 6.07 Å². The largest absolute Gasteiger partial charge is 0.395 e. The second-order valence-electron chi connectivity index (χ2n) is 5.66. The van der Waals surface area contributed by atoms with Crippen molar-refractivity contribution in [2.45, 2.75) is 39.3 Å². The van der Waals surface area contributed by atoms with Crippen molar-refractivity contribution >= 4 is 5.69 Å². The van der Waals surface area contributed by atoms with Crippen molar-refractivity contribution in [1.82, 2.24) is 4.90 Å². The number of benzene rings is 1. The van der Waals surface area contributed by atoms with Gasteiger partial charge in [-0.2, -0.15) is 0 Å². The van der Waals surface area contributed by atoms with Crippen molar-refractivity contribution in [2.75, 3.05) is 13.2 Å². The van der Waals surface area contributed by atoms with Crippen molar-refractivity contribution in [3.63, 3.8) is 0 Å². The summed E-state index contributed by atoms with van der Waals surface area (Å²) in [6.07, 6.45) is 2.25. The van der Waals surface area contributed by atoms with Crippen LogP contribution in [0.5, 0.6) is 0 Å². The minimum absolute atomic E-state index is 0.148. The molecule has 0 radical (unpaired) electrons. The zero-order valence-corrected chi connectivity index (χ0v) is 12.1. The number of nitrogens with zero attached hydrogens (tertiary/aromatic N) is 2. The van der Waals surface area contributed by atoms with Gasteiger partial charge in [0.25, 0.3) is 5.69 Å². The van der Waals surface area contributed by atoms with E-state index in [0.717, 1.165) is 30.5 Å². The van der Waals surface area contributed by atoms with Crippen molar-refractivity contribution in [3.05, 3.63) is 39.4 Å². The highest BCUT2D eigenvalue weighted by Gasteiger charge is 2.28. The van der Waals surface area contributed by atoms with Crippen LogP contribution in [0, 0.1) is 23.0 Å². The van der Waals surface area contributed by atoms with E-state index in [0.29, 0.717) is 12.5 Å². The summed E-state index contributed by atoms with van der Waals surface area (Å²) in [5.41, 5.74) is 1.88. The van der Waals surface area contributed by atoms with Crippen molar-refractivity contribution in [2.24, 2.45) is 5.92 Å². The van der Waals surface area contributed by atoms with Crippen LogP contribution >= 0.6 is 0 Å². The number of aliphatic hydroxyl groups excluding tert-OH is 1. The van der Waals surface area contributed by atoms with Gasteiger partial charge in [0.05, 0.1) is 11.5 Å². The van der Waals surface area contributed by atoms with Crippen LogP contribution < -0.4 is 0 Å². The van der Waals surface area contributed by atoms with Gasteiger partial charge in [-0.3, -0.25) is 15.0 Å². The van der Waals surface area contributed by atoms with E-state index in [-0.39, 0.29) is 23.3 Å². The Hall–Kier alpha value is -1.46. The quantitative estimate of drug-likeness (QED) is 0.678. The molecule has 0 amide bonds. The van der Waals surface area contributed by atoms with E-state index in [4.69, 9.17) is 0 Å². The molecule has 0 bridgehead atoms. The number of likely N-dealkylation sites (tertiary alicyclic amines) is 1. The van der Waals surface area contributed by atoms with Crippen LogP contribution in [0.2, 0.25) is 0 Å². The summed E-state index contributed by atoms with van der Waals surface area (Å²) in [5.74, 6) is 0.466. The number of nitro benzene ring substituents is 1. The van der Waals surface area contributed by atoms with Crippen molar-refractivity contribution in [1.29, 1.82) is 0 Å². The number of aliphatic hydroxyl groups is 1. The average Bonchev–Trinajstić information content (AvgIpc) is 2.41. The monoisotopic (exact) mass is 278 g/mol. The Kier molecular flexibility index (Phi) is 4.73. The number of rotatable bonds is 4. The van der Waals surface area contributed by atoms with E-state index >= 15 is 0 Å². The average molecular weight is 278 g/mol. The lowest BCUT2D eigenvalue weighted by atomic mass is 9.90. The molecule has 1 aromatic carbocycles. The van der Waals surface area contributed by atoms with E-state index < -0.39 is 0 Å². The summed E-state index contributed by atoms with van der Waals surface area (Å²) in [6.45, 7) is 5.72. The van der Waals surface area contributed by atoms with E-state index in [9.17, 15) is 15.2 Å². The van der Waals surface area contributed by atoms with Gasteiger partial charge < -0.3 is 5.11 Å². The Bertz CT molecular complexity index is 490. The van der Waals surface area contributed by atoms with E-state index in [1.54, 1.807) is 19.1 Å². The number of nitro groups is 1. The van der Waals surface area contributed by atoms with Gasteiger partial charge >= 0.3 is 0 Å². The lowest BCUT2D eigenvalue weighted by molar-refractivity contribution is -0.385. The highest BCUT2D eigenvalue weighted by atomic mass is 16.6. The van der Waals surface area contributed by atoms with Crippen LogP contribution in [-0.2, 0) is 6.54 Å². The predicted molar refractivity (Wildman–Crippen MR) is 77.5 cm³/mol. The molecular formula is C15H22N2O3. The SMILES string of the molecule is Cc1c(CN2CCCC(C)C2CO)cccc1[N+](=O)[O-]. The maximum atomic E-state index is 11.0. The Morgan fingerprint density at radius 3 is 2.90 bits per heavy atom. The topological polar surface area (TPSA) is 66.6 Å². The summed E-state index contributed by atoms with van der Waals surface area (Å²) in [6, 6.07) is 5.38. The summed E-state index contributed by atoms with van der Waals surface area (Å²) in [4.78, 5) is 12.9. The van der Waals surface area contributed by atoms with Crippen LogP contribution in [0.4, 0.5) is 5.69 Å². The molecule has 1 N–H and O–H groups in total. The van der Waals surface area contributed by atoms with E-state index in [2.05, 4.69) is 11.8 Å². The molecule has 0 aromatic heterocycles. The minimum Gasteiger partial charge on any atom is -0.395 e. The smallest absolute Gasteiger partial charge is 0.272 e. The van der Waals surface area contributed by atoms with Gasteiger partial charge in [0, 0.05) is 24.2 Å². The molecule has 1 aliphatic rings. The first-order chi connectivity index (χ1) is 9.54. The second kappa shape index (κ2) is 6.33. The Balaban J connectivity index is 2.21. The molecule has 20 heavy (non-hydrogen) atoms. The molecule has 5 heteroatoms. The Labute approximate surface area is 119 Å². The van der Waals surface area contributed by atoms with Gasteiger partial charge in [0.1, 0.15) is 0 Å². The molecular weight excluding hydrogens is 256 g/mol. The first-order valence-electron chi connectivity index (χ1n) is 7.12. The van der Waals surface area contributed by atoms with Gasteiger partial charge in [0.2, 0.25) is 0 Å². The molecule has 0 spiro atoms. The Morgan fingerprint density at radius 1 is 1.50 bits per heavy atom. The summed E-state index contributed by atoms with van der Waals surface area (Å²) in [5, 5.41) is 20.6. The van der Waals surface area contributed by atoms with Gasteiger partial charge in [-0.1, -0.05) is 19.1 Å². The maximum Gasteiger partial charge on any atom is 0.272 e. The normalized spacial score (nSPS) is 23.8. The summed E-state index contributed by atoms with van der Waals surface area (Å²) in [7, 11) is 0. The molecule has 0 aliphatic carbocycles. The predicted octanol–water partition coefficient (Wildman–Crippen LogP) is 2.50. The van der Waals surface area contributed by atoms with E-state index in [1.165, 1.54) is 0 Å². The molecule has 1 aliphatic heterocycles. The molecule has 110 valence electrons. The van der Waals surface area contributed by atoms with Crippen LogP contribution in [-0.4, -0.2) is 34.1 Å². The third-order valence-corrected chi connectivity index (χ3v) is 4.41. The first-order valence-corrected chi connectivity index (χ1v) is 7.12. The number of piperidine rings is 1. The molecule has 1 saturated heterocycles. The fourth-order valence-electron chi connectivity index (χ4n) is 3.08. The minimum atomic E-state index is -0.332. The van der Waals surface area contributed by atoms with Gasteiger partial charge in [-0.15, -0.1) is 0 Å². The van der Waals surface area contributed by atoms with Crippen LogP contribution in [0.15, 0.2) is 18.2 Å². The fourth-order valence-corrected chi connectivity index (χ4v) is 3.08. The van der Waals surface area contributed by atoms with Crippen LogP contribution in [0.3, 0.4) is 0 Å². The zero-order chi connectivity index (χ0) is 14.7. The van der Waals surface area contributed by atoms with Crippen molar-refractivity contribution < 1.29 is 10.0 Å². The summed E-state index contributed by atoms with van der Waals surface area (Å²) < 4.78 is 0.